The molecule has 0 amide bonds. The van der Waals surface area contributed by atoms with Crippen LogP contribution in [0.4, 0.5) is 0 Å². The monoisotopic (exact) mass is 902 g/mol. The van der Waals surface area contributed by atoms with E-state index in [1.165, 1.54) is 0 Å². The fourth-order valence-electron chi connectivity index (χ4n) is 8.24. The molecule has 7 rings (SSSR count). The summed E-state index contributed by atoms with van der Waals surface area (Å²) in [7, 11) is 0. The first-order chi connectivity index (χ1) is 32.4. The maximum Gasteiger partial charge on any atom is 0.333 e. The van der Waals surface area contributed by atoms with Crippen molar-refractivity contribution >= 4 is 11.9 Å². The fourth-order valence-corrected chi connectivity index (χ4v) is 8.24. The van der Waals surface area contributed by atoms with E-state index in [0.29, 0.717) is 11.5 Å². The van der Waals surface area contributed by atoms with Crippen LogP contribution in [0, 0.1) is 0 Å². The van der Waals surface area contributed by atoms with E-state index < -0.39 is 41.8 Å². The molecule has 0 bridgehead atoms. The van der Waals surface area contributed by atoms with Gasteiger partial charge in [-0.15, -0.1) is 0 Å². The summed E-state index contributed by atoms with van der Waals surface area (Å²) < 4.78 is 35.1. The molecule has 6 aromatic carbocycles. The summed E-state index contributed by atoms with van der Waals surface area (Å²) in [6.45, 7) is 13.9. The van der Waals surface area contributed by atoms with E-state index >= 15 is 0 Å². The predicted molar refractivity (Wildman–Crippen MR) is 260 cm³/mol. The number of fused-ring (bicyclic) bond motifs is 3. The lowest BCUT2D eigenvalue weighted by molar-refractivity contribution is -0.144. The third-order valence-corrected chi connectivity index (χ3v) is 11.6. The first-order valence-electron chi connectivity index (χ1n) is 22.5. The molecule has 1 aliphatic rings. The number of esters is 2. The van der Waals surface area contributed by atoms with E-state index in [9.17, 15) is 19.8 Å². The van der Waals surface area contributed by atoms with Crippen molar-refractivity contribution in [1.29, 1.82) is 0 Å². The highest BCUT2D eigenvalue weighted by Gasteiger charge is 2.46. The molecule has 4 atom stereocenters. The van der Waals surface area contributed by atoms with Gasteiger partial charge in [0.2, 0.25) is 0 Å². The lowest BCUT2D eigenvalue weighted by Gasteiger charge is -2.35. The molecule has 0 aliphatic heterocycles. The molecule has 346 valence electrons. The van der Waals surface area contributed by atoms with Gasteiger partial charge in [-0.3, -0.25) is 0 Å². The number of hydrogen-bond donors (Lipinski definition) is 2. The molecular weight excluding hydrogens is 845 g/mol. The van der Waals surface area contributed by atoms with Gasteiger partial charge in [-0.1, -0.05) is 134 Å². The zero-order valence-corrected chi connectivity index (χ0v) is 38.5. The summed E-state index contributed by atoms with van der Waals surface area (Å²) in [5, 5.41) is 20.8. The molecule has 0 heterocycles. The first kappa shape index (κ1) is 48.1. The summed E-state index contributed by atoms with van der Waals surface area (Å²) in [6.07, 6.45) is -2.80. The van der Waals surface area contributed by atoms with Crippen molar-refractivity contribution in [2.45, 2.75) is 57.5 Å². The second kappa shape index (κ2) is 22.1. The highest BCUT2D eigenvalue weighted by atomic mass is 16.6. The third kappa shape index (κ3) is 11.2. The molecular formula is C57H58O10. The second-order valence-electron chi connectivity index (χ2n) is 17.0. The number of carbonyl (C=O) groups excluding carboxylic acids is 2. The molecule has 0 saturated heterocycles. The van der Waals surface area contributed by atoms with Crippen molar-refractivity contribution < 1.29 is 48.2 Å². The van der Waals surface area contributed by atoms with Crippen molar-refractivity contribution in [1.82, 2.24) is 0 Å². The molecule has 0 spiro atoms. The molecule has 1 aliphatic carbocycles. The van der Waals surface area contributed by atoms with Crippen LogP contribution in [-0.2, 0) is 34.0 Å². The molecule has 0 radical (unpaired) electrons. The number of rotatable bonds is 22. The topological polar surface area (TPSA) is 130 Å². The summed E-state index contributed by atoms with van der Waals surface area (Å²) in [5.74, 6) is 0.208. The number of carbonyl (C=O) groups is 2. The van der Waals surface area contributed by atoms with Gasteiger partial charge in [0.15, 0.2) is 0 Å². The van der Waals surface area contributed by atoms with Crippen LogP contribution in [0.3, 0.4) is 0 Å². The van der Waals surface area contributed by atoms with Gasteiger partial charge in [-0.05, 0) is 96.5 Å². The first-order valence-corrected chi connectivity index (χ1v) is 22.5. The van der Waals surface area contributed by atoms with Crippen LogP contribution in [0.2, 0.25) is 0 Å². The van der Waals surface area contributed by atoms with Crippen molar-refractivity contribution in [3.8, 4) is 44.9 Å². The Labute approximate surface area is 393 Å². The fraction of sp³-hybridized carbons (Fsp3) is 0.263. The van der Waals surface area contributed by atoms with Crippen molar-refractivity contribution in [3.63, 3.8) is 0 Å². The highest BCUT2D eigenvalue weighted by Crippen LogP contribution is 2.57. The molecule has 10 nitrogen and oxygen atoms in total. The Morgan fingerprint density at radius 2 is 0.866 bits per heavy atom. The van der Waals surface area contributed by atoms with E-state index in [4.69, 9.17) is 28.4 Å². The molecule has 10 heteroatoms. The standard InChI is InChI=1S/C57H58O10/c1-37(2)55(60)66-35-45(58)33-62-39(5)31-64-53-27-25-43(29-49(53)41-17-9-7-10-18-41)57(51-23-15-13-21-47(51)48-22-14-16-24-52(48)57)44-26-28-54(50(30-44)42-19-11-8-12-20-42)65-32-40(6)63-34-46(59)36-67-56(61)38(3)4/h7-30,39-40,45-46,58-59H,1,3,31-36H2,2,4-6H3. The van der Waals surface area contributed by atoms with Crippen LogP contribution in [-0.4, -0.2) is 86.2 Å². The lowest BCUT2D eigenvalue weighted by atomic mass is 9.67. The minimum Gasteiger partial charge on any atom is -0.490 e. The van der Waals surface area contributed by atoms with Crippen LogP contribution in [0.25, 0.3) is 33.4 Å². The molecule has 4 unspecified atom stereocenters. The van der Waals surface area contributed by atoms with Crippen molar-refractivity contribution in [3.05, 3.63) is 192 Å². The summed E-state index contributed by atoms with van der Waals surface area (Å²) in [6, 6.07) is 50.3. The zero-order chi connectivity index (χ0) is 47.5. The molecule has 6 aromatic rings. The Morgan fingerprint density at radius 3 is 1.25 bits per heavy atom. The van der Waals surface area contributed by atoms with Crippen LogP contribution >= 0.6 is 0 Å². The van der Waals surface area contributed by atoms with Gasteiger partial charge in [-0.2, -0.15) is 0 Å². The van der Waals surface area contributed by atoms with Gasteiger partial charge < -0.3 is 38.6 Å². The molecule has 0 fully saturated rings. The number of hydrogen-bond acceptors (Lipinski definition) is 10. The number of ether oxygens (including phenoxy) is 6. The van der Waals surface area contributed by atoms with Crippen LogP contribution in [0.1, 0.15) is 49.9 Å². The Bertz CT molecular complexity index is 2490. The van der Waals surface area contributed by atoms with Crippen LogP contribution in [0.5, 0.6) is 11.5 Å². The van der Waals surface area contributed by atoms with Gasteiger partial charge in [-0.25, -0.2) is 9.59 Å². The van der Waals surface area contributed by atoms with Crippen molar-refractivity contribution in [2.24, 2.45) is 0 Å². The quantitative estimate of drug-likeness (QED) is 0.0501. The van der Waals surface area contributed by atoms with Gasteiger partial charge in [0.05, 0.1) is 30.8 Å². The highest BCUT2D eigenvalue weighted by molar-refractivity contribution is 5.89. The molecule has 0 aromatic heterocycles. The predicted octanol–water partition coefficient (Wildman–Crippen LogP) is 9.91. The SMILES string of the molecule is C=C(C)C(=O)OCC(O)COC(C)COc1ccc(C2(c3ccc(OCC(C)OCC(O)COC(=O)C(=C)C)c(-c4ccccc4)c3)c3ccccc3-c3ccccc32)cc1-c1ccccc1. The van der Waals surface area contributed by atoms with E-state index in [2.05, 4.69) is 110 Å². The Morgan fingerprint density at radius 1 is 0.493 bits per heavy atom. The van der Waals surface area contributed by atoms with Crippen LogP contribution < -0.4 is 9.47 Å². The molecule has 0 saturated carbocycles. The average molecular weight is 903 g/mol. The number of aliphatic hydroxyl groups is 2. The normalized spacial score (nSPS) is 14.1. The maximum absolute atomic E-state index is 11.8. The van der Waals surface area contributed by atoms with E-state index in [-0.39, 0.29) is 50.8 Å². The van der Waals surface area contributed by atoms with Gasteiger partial charge >= 0.3 is 11.9 Å². The van der Waals surface area contributed by atoms with Gasteiger partial charge in [0, 0.05) is 22.3 Å². The average Bonchev–Trinajstić information content (AvgIpc) is 3.66. The summed E-state index contributed by atoms with van der Waals surface area (Å²) in [5.41, 5.74) is 10.1. The maximum atomic E-state index is 11.8. The van der Waals surface area contributed by atoms with Crippen molar-refractivity contribution in [2.75, 3.05) is 39.6 Å². The van der Waals surface area contributed by atoms with Gasteiger partial charge in [0.1, 0.15) is 50.1 Å². The third-order valence-electron chi connectivity index (χ3n) is 11.6. The lowest BCUT2D eigenvalue weighted by Crippen LogP contribution is -2.29. The Hall–Kier alpha value is -6.82. The Balaban J connectivity index is 1.24. The van der Waals surface area contributed by atoms with E-state index in [1.807, 2.05) is 62.4 Å². The van der Waals surface area contributed by atoms with E-state index in [1.54, 1.807) is 13.8 Å². The number of benzene rings is 6. The van der Waals surface area contributed by atoms with Crippen LogP contribution in [0.15, 0.2) is 170 Å². The minimum absolute atomic E-state index is 0.0398. The summed E-state index contributed by atoms with van der Waals surface area (Å²) in [4.78, 5) is 23.6. The summed E-state index contributed by atoms with van der Waals surface area (Å²) >= 11 is 0. The molecule has 67 heavy (non-hydrogen) atoms. The van der Waals surface area contributed by atoms with E-state index in [0.717, 1.165) is 55.6 Å². The van der Waals surface area contributed by atoms with Gasteiger partial charge in [0.25, 0.3) is 0 Å². The number of aliphatic hydroxyl groups excluding tert-OH is 2. The Kier molecular flexibility index (Phi) is 15.9. The molecule has 2 N–H and O–H groups in total. The smallest absolute Gasteiger partial charge is 0.333 e. The largest absolute Gasteiger partial charge is 0.490 e. The zero-order valence-electron chi connectivity index (χ0n) is 38.5. The minimum atomic E-state index is -1.00. The second-order valence-corrected chi connectivity index (χ2v) is 17.0.